The van der Waals surface area contributed by atoms with Gasteiger partial charge in [0.2, 0.25) is 0 Å². The standard InChI is InChI=1S/C14H15N3O3/c1-9-6-12(16-8-15-9)14(18)17-11-5-4-10(19-2)7-13(11)20-3/h4-8H,1-3H3,(H,17,18). The van der Waals surface area contributed by atoms with E-state index in [1.54, 1.807) is 38.3 Å². The van der Waals surface area contributed by atoms with Crippen LogP contribution in [0, 0.1) is 6.92 Å². The molecule has 0 aliphatic heterocycles. The summed E-state index contributed by atoms with van der Waals surface area (Å²) in [6, 6.07) is 6.76. The first kappa shape index (κ1) is 13.8. The number of nitrogens with one attached hydrogen (secondary N) is 1. The minimum absolute atomic E-state index is 0.301. The number of ether oxygens (including phenoxy) is 2. The first-order chi connectivity index (χ1) is 9.63. The van der Waals surface area contributed by atoms with Gasteiger partial charge in [-0.05, 0) is 25.1 Å². The van der Waals surface area contributed by atoms with E-state index in [0.29, 0.717) is 22.9 Å². The summed E-state index contributed by atoms with van der Waals surface area (Å²) in [4.78, 5) is 20.0. The van der Waals surface area contributed by atoms with Crippen molar-refractivity contribution in [2.24, 2.45) is 0 Å². The number of hydrogen-bond donors (Lipinski definition) is 1. The van der Waals surface area contributed by atoms with Crippen molar-refractivity contribution in [2.45, 2.75) is 6.92 Å². The highest BCUT2D eigenvalue weighted by Crippen LogP contribution is 2.29. The number of amides is 1. The summed E-state index contributed by atoms with van der Waals surface area (Å²) < 4.78 is 10.3. The van der Waals surface area contributed by atoms with Gasteiger partial charge in [0.25, 0.3) is 5.91 Å². The molecule has 1 amide bonds. The van der Waals surface area contributed by atoms with E-state index < -0.39 is 0 Å². The summed E-state index contributed by atoms with van der Waals surface area (Å²) in [6.45, 7) is 1.80. The van der Waals surface area contributed by atoms with Crippen LogP contribution < -0.4 is 14.8 Å². The maximum Gasteiger partial charge on any atom is 0.274 e. The number of methoxy groups -OCH3 is 2. The van der Waals surface area contributed by atoms with Crippen LogP contribution in [0.15, 0.2) is 30.6 Å². The predicted molar refractivity (Wildman–Crippen MR) is 74.3 cm³/mol. The second-order valence-electron chi connectivity index (χ2n) is 4.06. The quantitative estimate of drug-likeness (QED) is 0.923. The summed E-state index contributed by atoms with van der Waals surface area (Å²) in [5.74, 6) is 0.847. The molecule has 1 aromatic heterocycles. The Morgan fingerprint density at radius 3 is 2.60 bits per heavy atom. The van der Waals surface area contributed by atoms with Crippen LogP contribution in [0.25, 0.3) is 0 Å². The highest BCUT2D eigenvalue weighted by atomic mass is 16.5. The molecule has 0 saturated carbocycles. The molecular formula is C14H15N3O3. The summed E-state index contributed by atoms with van der Waals surface area (Å²) >= 11 is 0. The van der Waals surface area contributed by atoms with Crippen LogP contribution in [0.1, 0.15) is 16.2 Å². The van der Waals surface area contributed by atoms with Gasteiger partial charge in [0.15, 0.2) is 0 Å². The van der Waals surface area contributed by atoms with E-state index in [4.69, 9.17) is 9.47 Å². The van der Waals surface area contributed by atoms with Crippen molar-refractivity contribution in [3.8, 4) is 11.5 Å². The number of aromatic nitrogens is 2. The fraction of sp³-hybridized carbons (Fsp3) is 0.214. The summed E-state index contributed by atoms with van der Waals surface area (Å²) in [6.07, 6.45) is 1.36. The Labute approximate surface area is 116 Å². The lowest BCUT2D eigenvalue weighted by molar-refractivity contribution is 0.102. The van der Waals surface area contributed by atoms with Gasteiger partial charge in [-0.2, -0.15) is 0 Å². The molecule has 6 nitrogen and oxygen atoms in total. The Hall–Kier alpha value is -2.63. The van der Waals surface area contributed by atoms with Crippen molar-refractivity contribution in [1.82, 2.24) is 9.97 Å². The van der Waals surface area contributed by atoms with Gasteiger partial charge in [0.1, 0.15) is 23.5 Å². The average molecular weight is 273 g/mol. The Balaban J connectivity index is 2.23. The van der Waals surface area contributed by atoms with E-state index >= 15 is 0 Å². The summed E-state index contributed by atoms with van der Waals surface area (Å²) in [5.41, 5.74) is 1.58. The number of carbonyl (C=O) groups is 1. The number of aryl methyl sites for hydroxylation is 1. The second kappa shape index (κ2) is 6.01. The fourth-order valence-corrected chi connectivity index (χ4v) is 1.67. The lowest BCUT2D eigenvalue weighted by Gasteiger charge is -2.11. The topological polar surface area (TPSA) is 73.3 Å². The number of hydrogen-bond acceptors (Lipinski definition) is 5. The van der Waals surface area contributed by atoms with Gasteiger partial charge in [0, 0.05) is 11.8 Å². The van der Waals surface area contributed by atoms with Crippen LogP contribution in [0.2, 0.25) is 0 Å². The Kier molecular flexibility index (Phi) is 4.14. The zero-order valence-electron chi connectivity index (χ0n) is 11.5. The van der Waals surface area contributed by atoms with Crippen molar-refractivity contribution in [2.75, 3.05) is 19.5 Å². The maximum atomic E-state index is 12.1. The number of rotatable bonds is 4. The summed E-state index contributed by atoms with van der Waals surface area (Å²) in [5, 5.41) is 2.75. The molecular weight excluding hydrogens is 258 g/mol. The van der Waals surface area contributed by atoms with E-state index in [-0.39, 0.29) is 5.91 Å². The third-order valence-electron chi connectivity index (χ3n) is 2.69. The molecule has 0 saturated heterocycles. The third-order valence-corrected chi connectivity index (χ3v) is 2.69. The second-order valence-corrected chi connectivity index (χ2v) is 4.06. The van der Waals surface area contributed by atoms with Gasteiger partial charge in [-0.25, -0.2) is 9.97 Å². The molecule has 0 aliphatic rings. The molecule has 6 heteroatoms. The van der Waals surface area contributed by atoms with Gasteiger partial charge >= 0.3 is 0 Å². The van der Waals surface area contributed by atoms with Crippen molar-refractivity contribution in [3.05, 3.63) is 42.0 Å². The lowest BCUT2D eigenvalue weighted by Crippen LogP contribution is -2.14. The van der Waals surface area contributed by atoms with E-state index in [2.05, 4.69) is 15.3 Å². The molecule has 20 heavy (non-hydrogen) atoms. The Bertz CT molecular complexity index is 629. The summed E-state index contributed by atoms with van der Waals surface area (Å²) in [7, 11) is 3.09. The molecule has 1 aromatic carbocycles. The zero-order chi connectivity index (χ0) is 14.5. The highest BCUT2D eigenvalue weighted by Gasteiger charge is 2.12. The van der Waals surface area contributed by atoms with Gasteiger partial charge in [-0.1, -0.05) is 0 Å². The molecule has 0 unspecified atom stereocenters. The molecule has 0 spiro atoms. The minimum Gasteiger partial charge on any atom is -0.497 e. The van der Waals surface area contributed by atoms with Crippen LogP contribution in [-0.4, -0.2) is 30.1 Å². The fourth-order valence-electron chi connectivity index (χ4n) is 1.67. The van der Waals surface area contributed by atoms with Crippen molar-refractivity contribution >= 4 is 11.6 Å². The van der Waals surface area contributed by atoms with Gasteiger partial charge in [-0.3, -0.25) is 4.79 Å². The van der Waals surface area contributed by atoms with Crippen LogP contribution in [0.3, 0.4) is 0 Å². The van der Waals surface area contributed by atoms with E-state index in [9.17, 15) is 4.79 Å². The van der Waals surface area contributed by atoms with E-state index in [1.807, 2.05) is 0 Å². The smallest absolute Gasteiger partial charge is 0.274 e. The first-order valence-corrected chi connectivity index (χ1v) is 5.96. The zero-order valence-corrected chi connectivity index (χ0v) is 11.5. The highest BCUT2D eigenvalue weighted by molar-refractivity contribution is 6.03. The van der Waals surface area contributed by atoms with Gasteiger partial charge < -0.3 is 14.8 Å². The Morgan fingerprint density at radius 2 is 1.95 bits per heavy atom. The lowest BCUT2D eigenvalue weighted by atomic mass is 10.2. The molecule has 1 N–H and O–H groups in total. The van der Waals surface area contributed by atoms with E-state index in [0.717, 1.165) is 5.69 Å². The average Bonchev–Trinajstić information content (AvgIpc) is 2.47. The molecule has 0 aliphatic carbocycles. The van der Waals surface area contributed by atoms with Crippen LogP contribution >= 0.6 is 0 Å². The van der Waals surface area contributed by atoms with Crippen LogP contribution in [0.5, 0.6) is 11.5 Å². The largest absolute Gasteiger partial charge is 0.497 e. The molecule has 0 fully saturated rings. The van der Waals surface area contributed by atoms with Crippen molar-refractivity contribution in [1.29, 1.82) is 0 Å². The molecule has 0 radical (unpaired) electrons. The normalized spacial score (nSPS) is 9.95. The monoisotopic (exact) mass is 273 g/mol. The molecule has 0 atom stereocenters. The molecule has 2 rings (SSSR count). The Morgan fingerprint density at radius 1 is 1.15 bits per heavy atom. The van der Waals surface area contributed by atoms with E-state index in [1.165, 1.54) is 13.4 Å². The van der Waals surface area contributed by atoms with Crippen molar-refractivity contribution < 1.29 is 14.3 Å². The number of benzene rings is 1. The minimum atomic E-state index is -0.320. The van der Waals surface area contributed by atoms with Crippen LogP contribution in [0.4, 0.5) is 5.69 Å². The molecule has 104 valence electrons. The first-order valence-electron chi connectivity index (χ1n) is 5.96. The molecule has 1 heterocycles. The SMILES string of the molecule is COc1ccc(NC(=O)c2cc(C)ncn2)c(OC)c1. The molecule has 2 aromatic rings. The number of carbonyl (C=O) groups excluding carboxylic acids is 1. The maximum absolute atomic E-state index is 12.1. The number of nitrogens with zero attached hydrogens (tertiary/aromatic N) is 2. The molecule has 0 bridgehead atoms. The van der Waals surface area contributed by atoms with Gasteiger partial charge in [-0.15, -0.1) is 0 Å². The predicted octanol–water partition coefficient (Wildman–Crippen LogP) is 2.05. The number of anilines is 1. The third kappa shape index (κ3) is 3.03. The van der Waals surface area contributed by atoms with Crippen LogP contribution in [-0.2, 0) is 0 Å². The van der Waals surface area contributed by atoms with Crippen molar-refractivity contribution in [3.63, 3.8) is 0 Å². The van der Waals surface area contributed by atoms with Gasteiger partial charge in [0.05, 0.1) is 19.9 Å².